The summed E-state index contributed by atoms with van der Waals surface area (Å²) in [5.41, 5.74) is 3.24. The molecule has 0 amide bonds. The summed E-state index contributed by atoms with van der Waals surface area (Å²) >= 11 is 0. The first-order chi connectivity index (χ1) is 14.2. The van der Waals surface area contributed by atoms with Crippen molar-refractivity contribution in [3.05, 3.63) is 48.2 Å². The van der Waals surface area contributed by atoms with Crippen molar-refractivity contribution in [2.45, 2.75) is 58.0 Å². The molecule has 5 rings (SSSR count). The SMILES string of the molecule is C[C@@H]1CCCN1CC(=O)Cc1cc2cc(-c3cnc4n3CCCC4)ccc2cn1. The van der Waals surface area contributed by atoms with Gasteiger partial charge in [-0.1, -0.05) is 12.1 Å². The van der Waals surface area contributed by atoms with Gasteiger partial charge in [0.25, 0.3) is 0 Å². The molecule has 1 aromatic carbocycles. The summed E-state index contributed by atoms with van der Waals surface area (Å²) in [6.07, 6.45) is 10.2. The number of carbonyl (C=O) groups excluding carboxylic acids is 1. The molecule has 3 aromatic rings. The van der Waals surface area contributed by atoms with E-state index in [1.165, 1.54) is 42.8 Å². The predicted molar refractivity (Wildman–Crippen MR) is 115 cm³/mol. The largest absolute Gasteiger partial charge is 0.328 e. The molecule has 0 N–H and O–H groups in total. The van der Waals surface area contributed by atoms with Gasteiger partial charge < -0.3 is 4.57 Å². The number of Topliss-reactive ketones (excluding diaryl/α,β-unsaturated/α-hetero) is 1. The van der Waals surface area contributed by atoms with Gasteiger partial charge in [0.2, 0.25) is 0 Å². The van der Waals surface area contributed by atoms with E-state index in [2.05, 4.69) is 50.6 Å². The molecule has 5 heteroatoms. The van der Waals surface area contributed by atoms with Gasteiger partial charge in [0.15, 0.2) is 5.78 Å². The van der Waals surface area contributed by atoms with Crippen LogP contribution in [-0.4, -0.2) is 44.3 Å². The third kappa shape index (κ3) is 3.71. The average molecular weight is 389 g/mol. The summed E-state index contributed by atoms with van der Waals surface area (Å²) < 4.78 is 2.35. The Bertz CT molecular complexity index is 1050. The van der Waals surface area contributed by atoms with Crippen molar-refractivity contribution in [3.8, 4) is 11.3 Å². The molecule has 0 saturated carbocycles. The molecule has 1 atom stereocenters. The van der Waals surface area contributed by atoms with Crippen LogP contribution in [0.25, 0.3) is 22.0 Å². The molecule has 2 aliphatic heterocycles. The van der Waals surface area contributed by atoms with E-state index in [9.17, 15) is 4.79 Å². The molecule has 0 unspecified atom stereocenters. The van der Waals surface area contributed by atoms with E-state index in [1.54, 1.807) is 0 Å². The van der Waals surface area contributed by atoms with Crippen LogP contribution in [-0.2, 0) is 24.2 Å². The number of rotatable bonds is 5. The Morgan fingerprint density at radius 3 is 2.86 bits per heavy atom. The molecule has 0 aliphatic carbocycles. The molecule has 0 spiro atoms. The highest BCUT2D eigenvalue weighted by Crippen LogP contribution is 2.28. The zero-order chi connectivity index (χ0) is 19.8. The number of pyridine rings is 1. The van der Waals surface area contributed by atoms with Crippen LogP contribution in [0.1, 0.15) is 44.1 Å². The molecular weight excluding hydrogens is 360 g/mol. The summed E-state index contributed by atoms with van der Waals surface area (Å²) in [5, 5.41) is 2.25. The first-order valence-electron chi connectivity index (χ1n) is 10.9. The number of hydrogen-bond acceptors (Lipinski definition) is 4. The number of imidazole rings is 1. The number of carbonyl (C=O) groups is 1. The Balaban J connectivity index is 1.38. The van der Waals surface area contributed by atoms with Gasteiger partial charge in [0, 0.05) is 41.8 Å². The van der Waals surface area contributed by atoms with Crippen molar-refractivity contribution in [1.29, 1.82) is 0 Å². The van der Waals surface area contributed by atoms with Crippen LogP contribution in [0.5, 0.6) is 0 Å². The van der Waals surface area contributed by atoms with Crippen LogP contribution in [0.4, 0.5) is 0 Å². The number of nitrogens with zero attached hydrogens (tertiary/aromatic N) is 4. The van der Waals surface area contributed by atoms with Crippen molar-refractivity contribution < 1.29 is 4.79 Å². The van der Waals surface area contributed by atoms with Crippen LogP contribution in [0, 0.1) is 0 Å². The Hall–Kier alpha value is -2.53. The first kappa shape index (κ1) is 18.5. The minimum atomic E-state index is 0.256. The number of likely N-dealkylation sites (tertiary alicyclic amines) is 1. The smallest absolute Gasteiger partial charge is 0.152 e. The van der Waals surface area contributed by atoms with Crippen molar-refractivity contribution in [2.24, 2.45) is 0 Å². The van der Waals surface area contributed by atoms with Crippen LogP contribution < -0.4 is 0 Å². The third-order valence-corrected chi connectivity index (χ3v) is 6.49. The van der Waals surface area contributed by atoms with Crippen LogP contribution >= 0.6 is 0 Å². The van der Waals surface area contributed by atoms with E-state index >= 15 is 0 Å². The number of aromatic nitrogens is 3. The molecule has 1 saturated heterocycles. The average Bonchev–Trinajstić information content (AvgIpc) is 3.34. The minimum Gasteiger partial charge on any atom is -0.328 e. The number of hydrogen-bond donors (Lipinski definition) is 0. The van der Waals surface area contributed by atoms with Gasteiger partial charge in [-0.2, -0.15) is 0 Å². The van der Waals surface area contributed by atoms with Gasteiger partial charge in [-0.15, -0.1) is 0 Å². The fraction of sp³-hybridized carbons (Fsp3) is 0.458. The molecule has 1 fully saturated rings. The van der Waals surface area contributed by atoms with Crippen molar-refractivity contribution in [1.82, 2.24) is 19.4 Å². The lowest BCUT2D eigenvalue weighted by Crippen LogP contribution is -2.33. The van der Waals surface area contributed by atoms with Crippen molar-refractivity contribution in [2.75, 3.05) is 13.1 Å². The fourth-order valence-electron chi connectivity index (χ4n) is 4.80. The van der Waals surface area contributed by atoms with Crippen LogP contribution in [0.15, 0.2) is 36.7 Å². The van der Waals surface area contributed by atoms with Gasteiger partial charge in [0.1, 0.15) is 5.82 Å². The van der Waals surface area contributed by atoms with E-state index in [0.717, 1.165) is 36.0 Å². The first-order valence-corrected chi connectivity index (χ1v) is 10.9. The van der Waals surface area contributed by atoms with Gasteiger partial charge in [-0.05, 0) is 56.7 Å². The van der Waals surface area contributed by atoms with E-state index in [1.807, 2.05) is 12.4 Å². The van der Waals surface area contributed by atoms with Crippen molar-refractivity contribution in [3.63, 3.8) is 0 Å². The molecule has 150 valence electrons. The number of aryl methyl sites for hydroxylation is 1. The summed E-state index contributed by atoms with van der Waals surface area (Å²) in [4.78, 5) is 24.0. The molecule has 29 heavy (non-hydrogen) atoms. The summed E-state index contributed by atoms with van der Waals surface area (Å²) in [5.74, 6) is 1.45. The monoisotopic (exact) mass is 388 g/mol. The van der Waals surface area contributed by atoms with Gasteiger partial charge in [-0.3, -0.25) is 14.7 Å². The lowest BCUT2D eigenvalue weighted by Gasteiger charge is -2.19. The maximum atomic E-state index is 12.6. The molecule has 2 aromatic heterocycles. The predicted octanol–water partition coefficient (Wildman–Crippen LogP) is 4.03. The van der Waals surface area contributed by atoms with Crippen LogP contribution in [0.3, 0.4) is 0 Å². The quantitative estimate of drug-likeness (QED) is 0.662. The molecule has 4 heterocycles. The third-order valence-electron chi connectivity index (χ3n) is 6.49. The van der Waals surface area contributed by atoms with Gasteiger partial charge in [-0.25, -0.2) is 4.98 Å². The molecule has 5 nitrogen and oxygen atoms in total. The van der Waals surface area contributed by atoms with Gasteiger partial charge >= 0.3 is 0 Å². The Morgan fingerprint density at radius 1 is 1.07 bits per heavy atom. The standard InChI is InChI=1S/C24H28N4O/c1-17-5-4-9-27(17)16-22(29)13-21-12-20-11-18(7-8-19(20)14-25-21)23-15-26-24-6-2-3-10-28(23)24/h7-8,11-12,14-15,17H,2-6,9-10,13,16H2,1H3/t17-/m1/s1. The Labute approximate surface area is 171 Å². The zero-order valence-electron chi connectivity index (χ0n) is 17.1. The fourth-order valence-corrected chi connectivity index (χ4v) is 4.80. The second-order valence-corrected chi connectivity index (χ2v) is 8.58. The van der Waals surface area contributed by atoms with E-state index in [-0.39, 0.29) is 5.78 Å². The maximum absolute atomic E-state index is 12.6. The van der Waals surface area contributed by atoms with E-state index in [4.69, 9.17) is 0 Å². The highest BCUT2D eigenvalue weighted by Gasteiger charge is 2.22. The zero-order valence-corrected chi connectivity index (χ0v) is 17.1. The number of ketones is 1. The Kier molecular flexibility index (Phi) is 4.92. The minimum absolute atomic E-state index is 0.256. The lowest BCUT2D eigenvalue weighted by molar-refractivity contribution is -0.119. The highest BCUT2D eigenvalue weighted by molar-refractivity contribution is 5.88. The molecule has 0 bridgehead atoms. The van der Waals surface area contributed by atoms with Crippen molar-refractivity contribution >= 4 is 16.6 Å². The summed E-state index contributed by atoms with van der Waals surface area (Å²) in [6, 6.07) is 9.09. The molecular formula is C24H28N4O. The number of fused-ring (bicyclic) bond motifs is 2. The normalized spacial score (nSPS) is 19.6. The van der Waals surface area contributed by atoms with Crippen LogP contribution in [0.2, 0.25) is 0 Å². The van der Waals surface area contributed by atoms with E-state index < -0.39 is 0 Å². The molecule has 2 aliphatic rings. The second kappa shape index (κ2) is 7.71. The molecule has 0 radical (unpaired) electrons. The highest BCUT2D eigenvalue weighted by atomic mass is 16.1. The van der Waals surface area contributed by atoms with Gasteiger partial charge in [0.05, 0.1) is 24.9 Å². The Morgan fingerprint density at radius 2 is 2.00 bits per heavy atom. The second-order valence-electron chi connectivity index (χ2n) is 8.58. The van der Waals surface area contributed by atoms with E-state index in [0.29, 0.717) is 19.0 Å². The lowest BCUT2D eigenvalue weighted by atomic mass is 10.0. The topological polar surface area (TPSA) is 51.0 Å². The maximum Gasteiger partial charge on any atom is 0.152 e. The summed E-state index contributed by atoms with van der Waals surface area (Å²) in [7, 11) is 0. The number of benzene rings is 1. The summed E-state index contributed by atoms with van der Waals surface area (Å²) in [6.45, 7) is 4.85.